The zero-order valence-electron chi connectivity index (χ0n) is 13.0. The Labute approximate surface area is 126 Å². The molecule has 2 fully saturated rings. The first kappa shape index (κ1) is 16.2. The van der Waals surface area contributed by atoms with Gasteiger partial charge in [0.05, 0.1) is 12.6 Å². The lowest BCUT2D eigenvalue weighted by molar-refractivity contribution is -0.143. The van der Waals surface area contributed by atoms with Crippen molar-refractivity contribution in [3.8, 4) is 0 Å². The molecule has 0 aliphatic carbocycles. The van der Waals surface area contributed by atoms with Crippen LogP contribution in [0.2, 0.25) is 0 Å². The zero-order chi connectivity index (χ0) is 15.4. The summed E-state index contributed by atoms with van der Waals surface area (Å²) in [7, 11) is 0. The van der Waals surface area contributed by atoms with Gasteiger partial charge in [0, 0.05) is 38.8 Å². The van der Waals surface area contributed by atoms with Crippen molar-refractivity contribution in [3.05, 3.63) is 0 Å². The van der Waals surface area contributed by atoms with Gasteiger partial charge in [0.2, 0.25) is 11.8 Å². The minimum absolute atomic E-state index is 0.0166. The first-order chi connectivity index (χ1) is 9.97. The van der Waals surface area contributed by atoms with Crippen LogP contribution in [0.5, 0.6) is 0 Å². The number of hydrogen-bond acceptors (Lipinski definition) is 4. The largest absolute Gasteiger partial charge is 0.389 e. The number of carbonyl (C=O) groups is 2. The fourth-order valence-corrected chi connectivity index (χ4v) is 2.98. The molecule has 2 saturated heterocycles. The SMILES string of the molecule is CC(C)CN1CC(O)CN(C(=O)C2CCOCC2)CC1=O. The van der Waals surface area contributed by atoms with Gasteiger partial charge in [-0.2, -0.15) is 0 Å². The standard InChI is InChI=1S/C15H26N2O4/c1-11(2)7-16-8-13(18)9-17(10-14(16)19)15(20)12-3-5-21-6-4-12/h11-13,18H,3-10H2,1-2H3. The maximum absolute atomic E-state index is 12.5. The number of aliphatic hydroxyl groups is 1. The summed E-state index contributed by atoms with van der Waals surface area (Å²) in [6.07, 6.45) is 0.740. The number of aliphatic hydroxyl groups excluding tert-OH is 1. The van der Waals surface area contributed by atoms with Gasteiger partial charge in [-0.3, -0.25) is 9.59 Å². The lowest BCUT2D eigenvalue weighted by Gasteiger charge is -2.28. The van der Waals surface area contributed by atoms with Crippen molar-refractivity contribution in [1.29, 1.82) is 0 Å². The Balaban J connectivity index is 2.00. The number of ether oxygens (including phenoxy) is 1. The molecule has 21 heavy (non-hydrogen) atoms. The fourth-order valence-electron chi connectivity index (χ4n) is 2.98. The molecule has 2 rings (SSSR count). The number of rotatable bonds is 3. The minimum atomic E-state index is -0.668. The van der Waals surface area contributed by atoms with E-state index in [0.29, 0.717) is 45.1 Å². The Morgan fingerprint density at radius 2 is 2.00 bits per heavy atom. The van der Waals surface area contributed by atoms with Gasteiger partial charge in [0.15, 0.2) is 0 Å². The summed E-state index contributed by atoms with van der Waals surface area (Å²) in [6, 6.07) is 0. The number of β-amino-alcohol motifs (C(OH)–C–C–N with tert-alkyl or cyclic N) is 1. The third-order valence-electron chi connectivity index (χ3n) is 4.01. The second-order valence-electron chi connectivity index (χ2n) is 6.45. The molecule has 2 aliphatic heterocycles. The summed E-state index contributed by atoms with van der Waals surface area (Å²) in [5.41, 5.74) is 0. The highest BCUT2D eigenvalue weighted by Gasteiger charge is 2.33. The smallest absolute Gasteiger partial charge is 0.242 e. The minimum Gasteiger partial charge on any atom is -0.389 e. The first-order valence-corrected chi connectivity index (χ1v) is 7.79. The lowest BCUT2D eigenvalue weighted by atomic mass is 9.98. The van der Waals surface area contributed by atoms with Crippen LogP contribution < -0.4 is 0 Å². The van der Waals surface area contributed by atoms with E-state index in [-0.39, 0.29) is 30.8 Å². The fraction of sp³-hybridized carbons (Fsp3) is 0.867. The predicted molar refractivity (Wildman–Crippen MR) is 77.5 cm³/mol. The monoisotopic (exact) mass is 298 g/mol. The van der Waals surface area contributed by atoms with E-state index in [0.717, 1.165) is 0 Å². The molecule has 2 heterocycles. The average Bonchev–Trinajstić information content (AvgIpc) is 2.58. The molecular formula is C15H26N2O4. The Kier molecular flexibility index (Phi) is 5.58. The van der Waals surface area contributed by atoms with Gasteiger partial charge in [0.1, 0.15) is 0 Å². The van der Waals surface area contributed by atoms with Crippen molar-refractivity contribution in [2.24, 2.45) is 11.8 Å². The third-order valence-corrected chi connectivity index (χ3v) is 4.01. The summed E-state index contributed by atoms with van der Waals surface area (Å²) in [5, 5.41) is 10.1. The van der Waals surface area contributed by atoms with E-state index >= 15 is 0 Å². The van der Waals surface area contributed by atoms with Crippen molar-refractivity contribution in [3.63, 3.8) is 0 Å². The molecule has 6 heteroatoms. The van der Waals surface area contributed by atoms with Crippen molar-refractivity contribution in [2.45, 2.75) is 32.8 Å². The van der Waals surface area contributed by atoms with Crippen LogP contribution in [-0.4, -0.2) is 72.2 Å². The first-order valence-electron chi connectivity index (χ1n) is 7.79. The Morgan fingerprint density at radius 1 is 1.33 bits per heavy atom. The topological polar surface area (TPSA) is 70.1 Å². The zero-order valence-corrected chi connectivity index (χ0v) is 13.0. The van der Waals surface area contributed by atoms with Crippen LogP contribution >= 0.6 is 0 Å². The van der Waals surface area contributed by atoms with Crippen LogP contribution in [0.3, 0.4) is 0 Å². The van der Waals surface area contributed by atoms with Gasteiger partial charge in [-0.05, 0) is 18.8 Å². The molecule has 0 bridgehead atoms. The van der Waals surface area contributed by atoms with Gasteiger partial charge in [0.25, 0.3) is 0 Å². The molecule has 0 saturated carbocycles. The van der Waals surface area contributed by atoms with Gasteiger partial charge >= 0.3 is 0 Å². The number of amides is 2. The summed E-state index contributed by atoms with van der Waals surface area (Å²) >= 11 is 0. The molecule has 1 N–H and O–H groups in total. The van der Waals surface area contributed by atoms with E-state index in [1.54, 1.807) is 4.90 Å². The highest BCUT2D eigenvalue weighted by molar-refractivity contribution is 5.86. The van der Waals surface area contributed by atoms with E-state index in [9.17, 15) is 14.7 Å². The van der Waals surface area contributed by atoms with Crippen LogP contribution in [-0.2, 0) is 14.3 Å². The molecule has 2 amide bonds. The molecule has 2 aliphatic rings. The van der Waals surface area contributed by atoms with Crippen molar-refractivity contribution in [1.82, 2.24) is 9.80 Å². The van der Waals surface area contributed by atoms with E-state index in [1.165, 1.54) is 4.90 Å². The highest BCUT2D eigenvalue weighted by Crippen LogP contribution is 2.19. The van der Waals surface area contributed by atoms with Crippen molar-refractivity contribution < 1.29 is 19.4 Å². The van der Waals surface area contributed by atoms with Gasteiger partial charge in [-0.15, -0.1) is 0 Å². The van der Waals surface area contributed by atoms with E-state index < -0.39 is 6.10 Å². The maximum atomic E-state index is 12.5. The molecular weight excluding hydrogens is 272 g/mol. The second kappa shape index (κ2) is 7.22. The van der Waals surface area contributed by atoms with Crippen LogP contribution in [0, 0.1) is 11.8 Å². The Hall–Kier alpha value is -1.14. The van der Waals surface area contributed by atoms with Crippen LogP contribution in [0.15, 0.2) is 0 Å². The van der Waals surface area contributed by atoms with Crippen molar-refractivity contribution in [2.75, 3.05) is 39.4 Å². The van der Waals surface area contributed by atoms with Gasteiger partial charge < -0.3 is 19.6 Å². The molecule has 0 aromatic carbocycles. The van der Waals surface area contributed by atoms with Crippen LogP contribution in [0.1, 0.15) is 26.7 Å². The number of carbonyl (C=O) groups excluding carboxylic acids is 2. The summed E-state index contributed by atoms with van der Waals surface area (Å²) in [5.74, 6) is 0.187. The van der Waals surface area contributed by atoms with Crippen LogP contribution in [0.4, 0.5) is 0 Å². The molecule has 0 radical (unpaired) electrons. The molecule has 0 aromatic rings. The molecule has 0 aromatic heterocycles. The molecule has 120 valence electrons. The number of nitrogens with zero attached hydrogens (tertiary/aromatic N) is 2. The lowest BCUT2D eigenvalue weighted by Crippen LogP contribution is -2.44. The Morgan fingerprint density at radius 3 is 2.62 bits per heavy atom. The summed E-state index contributed by atoms with van der Waals surface area (Å²) in [6.45, 7) is 6.53. The molecule has 1 unspecified atom stereocenters. The van der Waals surface area contributed by atoms with Crippen LogP contribution in [0.25, 0.3) is 0 Å². The third kappa shape index (κ3) is 4.41. The van der Waals surface area contributed by atoms with E-state index in [1.807, 2.05) is 13.8 Å². The highest BCUT2D eigenvalue weighted by atomic mass is 16.5. The van der Waals surface area contributed by atoms with Gasteiger partial charge in [-0.1, -0.05) is 13.8 Å². The molecule has 0 spiro atoms. The predicted octanol–water partition coefficient (Wildman–Crippen LogP) is 0.101. The molecule has 6 nitrogen and oxygen atoms in total. The summed E-state index contributed by atoms with van der Waals surface area (Å²) in [4.78, 5) is 28.0. The average molecular weight is 298 g/mol. The maximum Gasteiger partial charge on any atom is 0.242 e. The number of hydrogen-bond donors (Lipinski definition) is 1. The van der Waals surface area contributed by atoms with Crippen molar-refractivity contribution >= 4 is 11.8 Å². The van der Waals surface area contributed by atoms with Gasteiger partial charge in [-0.25, -0.2) is 0 Å². The van der Waals surface area contributed by atoms with E-state index in [4.69, 9.17) is 4.74 Å². The summed E-state index contributed by atoms with van der Waals surface area (Å²) < 4.78 is 5.27. The second-order valence-corrected chi connectivity index (χ2v) is 6.45. The quantitative estimate of drug-likeness (QED) is 0.802. The van der Waals surface area contributed by atoms with E-state index in [2.05, 4.69) is 0 Å². The Bertz CT molecular complexity index is 380. The normalized spacial score (nSPS) is 25.3. The molecule has 1 atom stereocenters.